The van der Waals surface area contributed by atoms with E-state index in [1.165, 1.54) is 0 Å². The van der Waals surface area contributed by atoms with Crippen LogP contribution in [0.3, 0.4) is 0 Å². The van der Waals surface area contributed by atoms with Crippen LogP contribution in [0.25, 0.3) is 0 Å². The second-order valence-corrected chi connectivity index (χ2v) is 8.45. The van der Waals surface area contributed by atoms with E-state index < -0.39 is 23.5 Å². The number of hydrogen-bond donors (Lipinski definition) is 1. The third-order valence-corrected chi connectivity index (χ3v) is 5.09. The van der Waals surface area contributed by atoms with E-state index in [-0.39, 0.29) is 18.0 Å². The van der Waals surface area contributed by atoms with E-state index in [1.54, 1.807) is 36.1 Å². The summed E-state index contributed by atoms with van der Waals surface area (Å²) in [5.41, 5.74) is 0.0925. The molecule has 2 aliphatic heterocycles. The highest BCUT2D eigenvalue weighted by Crippen LogP contribution is 2.24. The Kier molecular flexibility index (Phi) is 5.64. The Bertz CT molecular complexity index is 802. The lowest BCUT2D eigenvalue weighted by atomic mass is 10.0. The minimum absolute atomic E-state index is 0.126. The fourth-order valence-corrected chi connectivity index (χ4v) is 3.53. The number of nitrogens with zero attached hydrogens (tertiary/aromatic N) is 2. The van der Waals surface area contributed by atoms with Crippen LogP contribution in [0, 0.1) is 0 Å². The van der Waals surface area contributed by atoms with Crippen molar-refractivity contribution in [2.24, 2.45) is 0 Å². The zero-order valence-corrected chi connectivity index (χ0v) is 17.2. The van der Waals surface area contributed by atoms with Crippen LogP contribution >= 0.6 is 0 Å². The van der Waals surface area contributed by atoms with Gasteiger partial charge in [-0.05, 0) is 52.7 Å². The molecule has 0 aliphatic carbocycles. The number of amides is 4. The molecule has 2 heterocycles. The predicted octanol–water partition coefficient (Wildman–Crippen LogP) is 2.19. The first-order valence-corrected chi connectivity index (χ1v) is 9.83. The molecule has 1 fully saturated rings. The molecule has 4 amide bonds. The molecule has 1 aromatic carbocycles. The Hall–Kier alpha value is -2.90. The number of ether oxygens (including phenoxy) is 1. The van der Waals surface area contributed by atoms with E-state index >= 15 is 0 Å². The third kappa shape index (κ3) is 4.41. The van der Waals surface area contributed by atoms with Crippen molar-refractivity contribution in [3.05, 3.63) is 35.4 Å². The van der Waals surface area contributed by atoms with E-state index in [0.29, 0.717) is 37.1 Å². The number of nitrogens with one attached hydrogen (secondary N) is 1. The van der Waals surface area contributed by atoms with Crippen LogP contribution in [0.4, 0.5) is 4.79 Å². The smallest absolute Gasteiger partial charge is 0.410 e. The van der Waals surface area contributed by atoms with Crippen molar-refractivity contribution in [2.45, 2.75) is 58.2 Å². The lowest BCUT2D eigenvalue weighted by Gasteiger charge is -2.34. The van der Waals surface area contributed by atoms with Gasteiger partial charge in [0.1, 0.15) is 11.6 Å². The Morgan fingerprint density at radius 2 is 1.59 bits per heavy atom. The number of carbonyl (C=O) groups is 4. The molecule has 1 N–H and O–H groups in total. The zero-order chi connectivity index (χ0) is 21.3. The minimum Gasteiger partial charge on any atom is -0.444 e. The third-order valence-electron chi connectivity index (χ3n) is 5.09. The van der Waals surface area contributed by atoms with Crippen molar-refractivity contribution in [1.82, 2.24) is 15.1 Å². The Morgan fingerprint density at radius 3 is 2.07 bits per heavy atom. The van der Waals surface area contributed by atoms with Crippen molar-refractivity contribution in [1.29, 1.82) is 0 Å². The topological polar surface area (TPSA) is 96.0 Å². The average Bonchev–Trinajstić information content (AvgIpc) is 2.91. The van der Waals surface area contributed by atoms with Gasteiger partial charge in [0.15, 0.2) is 0 Å². The molecule has 29 heavy (non-hydrogen) atoms. The summed E-state index contributed by atoms with van der Waals surface area (Å²) in [6, 6.07) is 5.53. The van der Waals surface area contributed by atoms with Crippen LogP contribution in [0.15, 0.2) is 24.3 Å². The number of benzene rings is 1. The molecule has 0 spiro atoms. The monoisotopic (exact) mass is 401 g/mol. The van der Waals surface area contributed by atoms with Crippen molar-refractivity contribution in [2.75, 3.05) is 13.1 Å². The highest BCUT2D eigenvalue weighted by molar-refractivity contribution is 6.22. The van der Waals surface area contributed by atoms with Gasteiger partial charge in [0.2, 0.25) is 5.91 Å². The highest BCUT2D eigenvalue weighted by Gasteiger charge is 2.41. The van der Waals surface area contributed by atoms with Crippen molar-refractivity contribution >= 4 is 23.8 Å². The maximum Gasteiger partial charge on any atom is 0.410 e. The molecule has 8 nitrogen and oxygen atoms in total. The summed E-state index contributed by atoms with van der Waals surface area (Å²) in [6.07, 6.45) is 0.807. The number of fused-ring (bicyclic) bond motifs is 1. The second kappa shape index (κ2) is 7.85. The van der Waals surface area contributed by atoms with E-state index in [4.69, 9.17) is 4.74 Å². The SMILES string of the molecule is CC(C(=O)NC1CCN(C(=O)OC(C)(C)C)CC1)N1C(=O)c2ccccc2C1=O. The van der Waals surface area contributed by atoms with Crippen molar-refractivity contribution in [3.63, 3.8) is 0 Å². The highest BCUT2D eigenvalue weighted by atomic mass is 16.6. The summed E-state index contributed by atoms with van der Waals surface area (Å²) in [4.78, 5) is 52.5. The van der Waals surface area contributed by atoms with Gasteiger partial charge in [0, 0.05) is 19.1 Å². The lowest BCUT2D eigenvalue weighted by molar-refractivity contribution is -0.125. The molecule has 1 atom stereocenters. The van der Waals surface area contributed by atoms with Gasteiger partial charge >= 0.3 is 6.09 Å². The average molecular weight is 401 g/mol. The summed E-state index contributed by atoms with van der Waals surface area (Å²) < 4.78 is 5.37. The zero-order valence-electron chi connectivity index (χ0n) is 17.2. The normalized spacial score (nSPS) is 18.5. The first kappa shape index (κ1) is 20.8. The van der Waals surface area contributed by atoms with E-state index in [2.05, 4.69) is 5.32 Å². The Balaban J connectivity index is 1.55. The maximum absolute atomic E-state index is 12.7. The summed E-state index contributed by atoms with van der Waals surface area (Å²) in [7, 11) is 0. The van der Waals surface area contributed by atoms with Crippen LogP contribution in [0.5, 0.6) is 0 Å². The van der Waals surface area contributed by atoms with Gasteiger partial charge in [-0.1, -0.05) is 12.1 Å². The largest absolute Gasteiger partial charge is 0.444 e. The summed E-state index contributed by atoms with van der Waals surface area (Å²) in [5, 5.41) is 2.91. The molecule has 3 rings (SSSR count). The lowest BCUT2D eigenvalue weighted by Crippen LogP contribution is -2.53. The van der Waals surface area contributed by atoms with Crippen molar-refractivity contribution in [3.8, 4) is 0 Å². The Morgan fingerprint density at radius 1 is 1.07 bits per heavy atom. The molecule has 1 aromatic rings. The predicted molar refractivity (Wildman–Crippen MR) is 105 cm³/mol. The quantitative estimate of drug-likeness (QED) is 0.784. The summed E-state index contributed by atoms with van der Waals surface area (Å²) in [5.74, 6) is -1.28. The summed E-state index contributed by atoms with van der Waals surface area (Å²) >= 11 is 0. The number of likely N-dealkylation sites (tertiary alicyclic amines) is 1. The standard InChI is InChI=1S/C21H27N3O5/c1-13(24-18(26)15-7-5-6-8-16(15)19(24)27)17(25)22-14-9-11-23(12-10-14)20(28)29-21(2,3)4/h5-8,13-14H,9-12H2,1-4H3,(H,22,25). The van der Waals surface area contributed by atoms with Gasteiger partial charge in [0.25, 0.3) is 11.8 Å². The fourth-order valence-electron chi connectivity index (χ4n) is 3.53. The van der Waals surface area contributed by atoms with Gasteiger partial charge in [-0.15, -0.1) is 0 Å². The molecular formula is C21H27N3O5. The Labute approximate surface area is 170 Å². The first-order chi connectivity index (χ1) is 13.6. The number of carbonyl (C=O) groups excluding carboxylic acids is 4. The number of piperidine rings is 1. The van der Waals surface area contributed by atoms with Gasteiger partial charge in [-0.2, -0.15) is 0 Å². The van der Waals surface area contributed by atoms with Crippen LogP contribution in [-0.2, 0) is 9.53 Å². The van der Waals surface area contributed by atoms with Gasteiger partial charge < -0.3 is 15.0 Å². The second-order valence-electron chi connectivity index (χ2n) is 8.45. The molecule has 0 bridgehead atoms. The molecule has 8 heteroatoms. The fraction of sp³-hybridized carbons (Fsp3) is 0.524. The van der Waals surface area contributed by atoms with Gasteiger partial charge in [-0.25, -0.2) is 4.79 Å². The van der Waals surface area contributed by atoms with Crippen LogP contribution in [0.1, 0.15) is 61.3 Å². The molecule has 2 aliphatic rings. The number of hydrogen-bond acceptors (Lipinski definition) is 5. The van der Waals surface area contributed by atoms with Crippen LogP contribution in [0.2, 0.25) is 0 Å². The number of rotatable bonds is 3. The molecule has 0 radical (unpaired) electrons. The van der Waals surface area contributed by atoms with Gasteiger partial charge in [0.05, 0.1) is 11.1 Å². The summed E-state index contributed by atoms with van der Waals surface area (Å²) in [6.45, 7) is 7.95. The molecule has 1 unspecified atom stereocenters. The number of imide groups is 1. The molecule has 0 aromatic heterocycles. The molecule has 156 valence electrons. The van der Waals surface area contributed by atoms with Crippen LogP contribution in [-0.4, -0.2) is 64.4 Å². The van der Waals surface area contributed by atoms with Gasteiger partial charge in [-0.3, -0.25) is 19.3 Å². The van der Waals surface area contributed by atoms with E-state index in [0.717, 1.165) is 4.90 Å². The molecular weight excluding hydrogens is 374 g/mol. The maximum atomic E-state index is 12.7. The van der Waals surface area contributed by atoms with Crippen molar-refractivity contribution < 1.29 is 23.9 Å². The molecule has 1 saturated heterocycles. The van der Waals surface area contributed by atoms with E-state index in [9.17, 15) is 19.2 Å². The molecule has 0 saturated carbocycles. The van der Waals surface area contributed by atoms with E-state index in [1.807, 2.05) is 20.8 Å². The first-order valence-electron chi connectivity index (χ1n) is 9.83. The van der Waals surface area contributed by atoms with Crippen LogP contribution < -0.4 is 5.32 Å². The minimum atomic E-state index is -0.911.